The van der Waals surface area contributed by atoms with Gasteiger partial charge in [-0.05, 0) is 40.2 Å². The summed E-state index contributed by atoms with van der Waals surface area (Å²) in [4.78, 5) is 24.6. The lowest BCUT2D eigenvalue weighted by molar-refractivity contribution is -0.917. The predicted octanol–water partition coefficient (Wildman–Crippen LogP) is 3.11. The normalized spacial score (nSPS) is 27.4. The Balaban J connectivity index is 2.32. The molecule has 1 aromatic heterocycles. The van der Waals surface area contributed by atoms with Gasteiger partial charge in [0.15, 0.2) is 0 Å². The molecule has 148 valence electrons. The van der Waals surface area contributed by atoms with Crippen LogP contribution < -0.4 is 0 Å². The minimum Gasteiger partial charge on any atom is -0.495 e. The van der Waals surface area contributed by atoms with Crippen molar-refractivity contribution in [3.63, 3.8) is 0 Å². The lowest BCUT2D eigenvalue weighted by Gasteiger charge is -2.46. The predicted molar refractivity (Wildman–Crippen MR) is 100 cm³/mol. The Morgan fingerprint density at radius 2 is 1.93 bits per heavy atom. The SMILES string of the molecule is COC1=CCC(C)(C(=O)O)c2c3c(n(C)c21)CC[N+](C(=O)O)(C(C)(C)C)C3. The average Bonchev–Trinajstić information content (AvgIpc) is 2.87. The number of hydrogen-bond donors (Lipinski definition) is 2. The molecule has 27 heavy (non-hydrogen) atoms. The van der Waals surface area contributed by atoms with Crippen LogP contribution in [0.3, 0.4) is 0 Å². The van der Waals surface area contributed by atoms with Crippen molar-refractivity contribution in [2.24, 2.45) is 7.05 Å². The number of methoxy groups -OCH3 is 1. The van der Waals surface area contributed by atoms with E-state index in [0.717, 1.165) is 17.0 Å². The number of nitrogens with zero attached hydrogens (tertiary/aromatic N) is 2. The van der Waals surface area contributed by atoms with Crippen molar-refractivity contribution >= 4 is 17.8 Å². The first-order valence-corrected chi connectivity index (χ1v) is 9.20. The average molecular weight is 377 g/mol. The summed E-state index contributed by atoms with van der Waals surface area (Å²) in [7, 11) is 3.49. The lowest BCUT2D eigenvalue weighted by atomic mass is 9.73. The Morgan fingerprint density at radius 3 is 2.41 bits per heavy atom. The van der Waals surface area contributed by atoms with Gasteiger partial charge < -0.3 is 19.5 Å². The fourth-order valence-corrected chi connectivity index (χ4v) is 4.70. The molecule has 2 atom stereocenters. The highest BCUT2D eigenvalue weighted by atomic mass is 16.5. The molecule has 0 saturated heterocycles. The second-order valence-corrected chi connectivity index (χ2v) is 8.87. The molecule has 0 spiro atoms. The number of fused-ring (bicyclic) bond motifs is 3. The van der Waals surface area contributed by atoms with Crippen molar-refractivity contribution in [3.8, 4) is 0 Å². The number of ether oxygens (including phenoxy) is 1. The van der Waals surface area contributed by atoms with Crippen LogP contribution in [-0.2, 0) is 35.0 Å². The number of allylic oxidation sites excluding steroid dienone is 1. The Hall–Kier alpha value is -2.28. The summed E-state index contributed by atoms with van der Waals surface area (Å²) in [5.74, 6) is -0.247. The molecule has 1 aromatic rings. The molecule has 0 radical (unpaired) electrons. The summed E-state index contributed by atoms with van der Waals surface area (Å²) in [6.07, 6.45) is 1.85. The number of carboxylic acid groups (broad SMARTS) is 2. The molecular weight excluding hydrogens is 348 g/mol. The third kappa shape index (κ3) is 2.44. The van der Waals surface area contributed by atoms with Crippen molar-refractivity contribution in [1.82, 2.24) is 4.57 Å². The van der Waals surface area contributed by atoms with Gasteiger partial charge >= 0.3 is 12.1 Å². The van der Waals surface area contributed by atoms with Crippen molar-refractivity contribution in [1.29, 1.82) is 0 Å². The van der Waals surface area contributed by atoms with E-state index in [1.165, 1.54) is 0 Å². The highest BCUT2D eigenvalue weighted by Gasteiger charge is 2.54. The highest BCUT2D eigenvalue weighted by Crippen LogP contribution is 2.47. The van der Waals surface area contributed by atoms with E-state index < -0.39 is 23.0 Å². The number of hydrogen-bond acceptors (Lipinski definition) is 3. The minimum atomic E-state index is -1.11. The molecule has 0 fully saturated rings. The van der Waals surface area contributed by atoms with Crippen LogP contribution in [0.2, 0.25) is 0 Å². The van der Waals surface area contributed by atoms with E-state index in [-0.39, 0.29) is 11.0 Å². The molecule has 0 saturated carbocycles. The number of amides is 1. The van der Waals surface area contributed by atoms with E-state index in [0.29, 0.717) is 30.7 Å². The van der Waals surface area contributed by atoms with Gasteiger partial charge in [-0.2, -0.15) is 4.79 Å². The van der Waals surface area contributed by atoms with Crippen molar-refractivity contribution in [2.45, 2.75) is 58.0 Å². The van der Waals surface area contributed by atoms with E-state index in [1.54, 1.807) is 14.0 Å². The first kappa shape index (κ1) is 19.5. The smallest absolute Gasteiger partial charge is 0.495 e. The molecule has 2 aliphatic rings. The summed E-state index contributed by atoms with van der Waals surface area (Å²) in [5, 5.41) is 20.1. The summed E-state index contributed by atoms with van der Waals surface area (Å²) < 4.78 is 7.43. The van der Waals surface area contributed by atoms with Gasteiger partial charge in [-0.1, -0.05) is 0 Å². The molecule has 7 heteroatoms. The number of aliphatic carboxylic acids is 1. The van der Waals surface area contributed by atoms with Gasteiger partial charge in [0.05, 0.1) is 24.8 Å². The molecule has 3 rings (SSSR count). The van der Waals surface area contributed by atoms with Crippen molar-refractivity contribution in [2.75, 3.05) is 13.7 Å². The second-order valence-electron chi connectivity index (χ2n) is 8.87. The van der Waals surface area contributed by atoms with Crippen LogP contribution in [0.1, 0.15) is 56.6 Å². The standard InChI is InChI=1S/C20H28N2O5/c1-19(2,3)22(18(25)26)10-8-13-12(11-22)15-16(21(13)5)14(27-6)7-9-20(15,4)17(23)24/h7H,8-11H2,1-6H3,(H-,23,24,25,26)/p+1. The van der Waals surface area contributed by atoms with Gasteiger partial charge in [-0.3, -0.25) is 4.79 Å². The minimum absolute atomic E-state index is 0.113. The van der Waals surface area contributed by atoms with Crippen LogP contribution in [0.5, 0.6) is 0 Å². The van der Waals surface area contributed by atoms with Crippen LogP contribution in [0.15, 0.2) is 6.08 Å². The van der Waals surface area contributed by atoms with E-state index in [4.69, 9.17) is 4.74 Å². The van der Waals surface area contributed by atoms with Crippen LogP contribution >= 0.6 is 0 Å². The molecule has 0 aromatic carbocycles. The summed E-state index contributed by atoms with van der Waals surface area (Å²) >= 11 is 0. The van der Waals surface area contributed by atoms with Crippen molar-refractivity contribution < 1.29 is 29.0 Å². The molecule has 0 bridgehead atoms. The van der Waals surface area contributed by atoms with Gasteiger partial charge in [0, 0.05) is 30.3 Å². The number of aromatic nitrogens is 1. The third-order valence-corrected chi connectivity index (χ3v) is 6.61. The molecule has 1 amide bonds. The van der Waals surface area contributed by atoms with Gasteiger partial charge in [-0.15, -0.1) is 0 Å². The Labute approximate surface area is 159 Å². The highest BCUT2D eigenvalue weighted by molar-refractivity contribution is 5.87. The zero-order valence-corrected chi connectivity index (χ0v) is 16.9. The molecule has 1 aliphatic carbocycles. The van der Waals surface area contributed by atoms with Crippen LogP contribution in [0.25, 0.3) is 5.76 Å². The summed E-state index contributed by atoms with van der Waals surface area (Å²) in [5.41, 5.74) is 1.71. The maximum atomic E-state index is 12.3. The Morgan fingerprint density at radius 1 is 1.30 bits per heavy atom. The zero-order chi connectivity index (χ0) is 20.4. The van der Waals surface area contributed by atoms with Gasteiger partial charge in [0.1, 0.15) is 17.8 Å². The first-order valence-electron chi connectivity index (χ1n) is 9.20. The van der Waals surface area contributed by atoms with E-state index in [9.17, 15) is 19.8 Å². The van der Waals surface area contributed by atoms with Crippen LogP contribution in [-0.4, -0.2) is 50.5 Å². The second kappa shape index (κ2) is 5.86. The maximum Gasteiger partial charge on any atom is 0.514 e. The summed E-state index contributed by atoms with van der Waals surface area (Å²) in [6.45, 7) is 8.25. The number of carbonyl (C=O) groups is 2. The zero-order valence-electron chi connectivity index (χ0n) is 16.9. The molecule has 7 nitrogen and oxygen atoms in total. The quantitative estimate of drug-likeness (QED) is 0.773. The summed E-state index contributed by atoms with van der Waals surface area (Å²) in [6, 6.07) is 0. The monoisotopic (exact) mass is 377 g/mol. The lowest BCUT2D eigenvalue weighted by Crippen LogP contribution is -2.64. The Kier molecular flexibility index (Phi) is 4.23. The Bertz CT molecular complexity index is 861. The van der Waals surface area contributed by atoms with Gasteiger partial charge in [0.25, 0.3) is 0 Å². The van der Waals surface area contributed by atoms with E-state index >= 15 is 0 Å². The number of rotatable bonds is 2. The molecule has 2 heterocycles. The van der Waals surface area contributed by atoms with Crippen LogP contribution in [0, 0.1) is 0 Å². The first-order chi connectivity index (χ1) is 12.4. The van der Waals surface area contributed by atoms with Crippen LogP contribution in [0.4, 0.5) is 4.79 Å². The molecule has 2 unspecified atom stereocenters. The number of quaternary nitrogens is 1. The largest absolute Gasteiger partial charge is 0.514 e. The number of carboxylic acids is 1. The van der Waals surface area contributed by atoms with E-state index in [1.807, 2.05) is 38.5 Å². The van der Waals surface area contributed by atoms with Crippen molar-refractivity contribution in [3.05, 3.63) is 28.6 Å². The fourth-order valence-electron chi connectivity index (χ4n) is 4.70. The topological polar surface area (TPSA) is 88.8 Å². The van der Waals surface area contributed by atoms with Gasteiger partial charge in [-0.25, -0.2) is 4.48 Å². The van der Waals surface area contributed by atoms with E-state index in [2.05, 4.69) is 0 Å². The third-order valence-electron chi connectivity index (χ3n) is 6.61. The molecule has 1 aliphatic heterocycles. The molecular formula is C20H29N2O5+. The molecule has 2 N–H and O–H groups in total. The fraction of sp³-hybridized carbons (Fsp3) is 0.600. The van der Waals surface area contributed by atoms with Gasteiger partial charge in [0.2, 0.25) is 0 Å². The maximum absolute atomic E-state index is 12.3.